The van der Waals surface area contributed by atoms with E-state index < -0.39 is 6.04 Å². The fourth-order valence-corrected chi connectivity index (χ4v) is 12.3. The van der Waals surface area contributed by atoms with E-state index in [0.717, 1.165) is 42.6 Å². The molecule has 0 spiro atoms. The number of nitrogens with one attached hydrogen (secondary N) is 2. The molecule has 0 radical (unpaired) electrons. The first-order valence-corrected chi connectivity index (χ1v) is 17.9. The Hall–Kier alpha value is -1.98. The molecule has 5 fully saturated rings. The summed E-state index contributed by atoms with van der Waals surface area (Å²) in [5, 5.41) is 15.8. The van der Waals surface area contributed by atoms with Gasteiger partial charge in [-0.1, -0.05) is 26.7 Å². The molecule has 10 unspecified atom stereocenters. The molecule has 0 aromatic heterocycles. The first kappa shape index (κ1) is 31.0. The number of carbonyl (C=O) groups excluding carboxylic acids is 3. The Balaban J connectivity index is 1.03. The van der Waals surface area contributed by atoms with Crippen molar-refractivity contribution < 1.29 is 19.5 Å². The molecular weight excluding hydrogens is 558 g/mol. The molecule has 3 amide bonds. The van der Waals surface area contributed by atoms with Gasteiger partial charge in [0, 0.05) is 12.2 Å². The van der Waals surface area contributed by atoms with Gasteiger partial charge in [0.05, 0.1) is 12.6 Å². The van der Waals surface area contributed by atoms with Crippen LogP contribution in [-0.4, -0.2) is 57.5 Å². The van der Waals surface area contributed by atoms with Crippen LogP contribution in [0.5, 0.6) is 0 Å². The highest BCUT2D eigenvalue weighted by Crippen LogP contribution is 2.68. The van der Waals surface area contributed by atoms with E-state index in [1.807, 2.05) is 6.92 Å². The summed E-state index contributed by atoms with van der Waals surface area (Å²) in [4.78, 5) is 40.4. The van der Waals surface area contributed by atoms with Crippen LogP contribution in [-0.2, 0) is 14.4 Å². The second kappa shape index (κ2) is 11.7. The van der Waals surface area contributed by atoms with Gasteiger partial charge in [-0.3, -0.25) is 19.3 Å². The van der Waals surface area contributed by atoms with E-state index in [4.69, 9.17) is 6.42 Å². The number of amides is 3. The van der Waals surface area contributed by atoms with E-state index in [1.54, 1.807) is 11.8 Å². The molecule has 4 aliphatic carbocycles. The zero-order chi connectivity index (χ0) is 30.7. The van der Waals surface area contributed by atoms with Gasteiger partial charge >= 0.3 is 0 Å². The number of β-lactam (4-membered cyclic amide) rings is 1. The monoisotopic (exact) mass is 609 g/mol. The molecular formula is C35H51N3O4S. The van der Waals surface area contributed by atoms with Crippen molar-refractivity contribution in [3.63, 3.8) is 0 Å². The molecule has 0 aromatic rings. The van der Waals surface area contributed by atoms with E-state index in [1.165, 1.54) is 49.8 Å². The topological polar surface area (TPSA) is 98.7 Å². The maximum atomic E-state index is 13.1. The van der Waals surface area contributed by atoms with Gasteiger partial charge in [0.2, 0.25) is 5.91 Å². The first-order valence-electron chi connectivity index (χ1n) is 16.8. The number of rotatable bonds is 7. The van der Waals surface area contributed by atoms with E-state index in [9.17, 15) is 19.5 Å². The van der Waals surface area contributed by atoms with Gasteiger partial charge in [-0.15, -0.1) is 18.2 Å². The van der Waals surface area contributed by atoms with Crippen molar-refractivity contribution in [2.24, 2.45) is 46.3 Å². The molecule has 1 saturated heterocycles. The van der Waals surface area contributed by atoms with Gasteiger partial charge < -0.3 is 15.7 Å². The van der Waals surface area contributed by atoms with E-state index in [0.29, 0.717) is 46.5 Å². The zero-order valence-electron chi connectivity index (χ0n) is 26.5. The normalized spacial score (nSPS) is 42.4. The van der Waals surface area contributed by atoms with Crippen molar-refractivity contribution in [1.29, 1.82) is 0 Å². The summed E-state index contributed by atoms with van der Waals surface area (Å²) >= 11 is 1.59. The predicted molar refractivity (Wildman–Crippen MR) is 169 cm³/mol. The minimum Gasteiger partial charge on any atom is -0.393 e. The van der Waals surface area contributed by atoms with Crippen LogP contribution in [0.15, 0.2) is 11.3 Å². The Bertz CT molecular complexity index is 1230. The summed E-state index contributed by atoms with van der Waals surface area (Å²) in [6, 6.07) is -0.586. The Morgan fingerprint density at radius 2 is 1.86 bits per heavy atom. The quantitative estimate of drug-likeness (QED) is 0.283. The number of fused-ring (bicyclic) bond motifs is 6. The third-order valence-electron chi connectivity index (χ3n) is 13.3. The summed E-state index contributed by atoms with van der Waals surface area (Å²) in [5.41, 5.74) is 1.97. The number of hydrogen-bond donors (Lipinski definition) is 3. The van der Waals surface area contributed by atoms with Crippen molar-refractivity contribution in [3.05, 3.63) is 11.3 Å². The molecule has 0 bridgehead atoms. The molecule has 236 valence electrons. The molecule has 7 nitrogen and oxygen atoms in total. The van der Waals surface area contributed by atoms with Crippen LogP contribution in [0.2, 0.25) is 0 Å². The Morgan fingerprint density at radius 1 is 1.12 bits per heavy atom. The van der Waals surface area contributed by atoms with Gasteiger partial charge in [0.25, 0.3) is 11.8 Å². The SMILES string of the molecule is C#CCNC(=O)C1=C(C)CSC2[C@@H](NC(=O)CCC(C)C3CCC4C5CCC6CC(O)CCC6(C)C5CCC34C)C(=O)N12. The smallest absolute Gasteiger partial charge is 0.268 e. The molecule has 6 aliphatic rings. The molecule has 43 heavy (non-hydrogen) atoms. The number of hydrogen-bond acceptors (Lipinski definition) is 5. The van der Waals surface area contributed by atoms with Crippen molar-refractivity contribution >= 4 is 29.5 Å². The fraction of sp³-hybridized carbons (Fsp3) is 0.800. The zero-order valence-corrected chi connectivity index (χ0v) is 27.3. The Kier molecular flexibility index (Phi) is 8.47. The predicted octanol–water partition coefficient (Wildman–Crippen LogP) is 4.85. The molecule has 6 rings (SSSR count). The number of carbonyl (C=O) groups is 3. The fourth-order valence-electron chi connectivity index (χ4n) is 11.0. The molecule has 0 aromatic carbocycles. The largest absolute Gasteiger partial charge is 0.393 e. The Labute approximate surface area is 262 Å². The van der Waals surface area contributed by atoms with E-state index >= 15 is 0 Å². The standard InChI is InChI=1S/C35H51N3O4S/c1-6-17-36-31(41)30-21(3)19-43-33-29(32(42)38(30)33)37-28(40)12-7-20(2)25-10-11-26-24-9-8-22-18-23(39)13-15-34(22,4)27(24)14-16-35(25,26)5/h1,20,22-27,29,33,39H,7-19H2,2-5H3,(H,36,41)(H,37,40)/t20?,22?,23?,24?,25?,26?,27?,29-,33?,34?,35?/m0/s1. The molecule has 3 N–H and O–H groups in total. The number of thioether (sulfide) groups is 1. The third kappa shape index (κ3) is 5.15. The molecule has 2 aliphatic heterocycles. The molecule has 2 heterocycles. The van der Waals surface area contributed by atoms with Crippen LogP contribution in [0.1, 0.15) is 98.3 Å². The first-order chi connectivity index (χ1) is 20.5. The highest BCUT2D eigenvalue weighted by Gasteiger charge is 2.60. The molecule has 4 saturated carbocycles. The van der Waals surface area contributed by atoms with Crippen LogP contribution < -0.4 is 10.6 Å². The van der Waals surface area contributed by atoms with Crippen molar-refractivity contribution in [2.45, 2.75) is 116 Å². The average molecular weight is 610 g/mol. The van der Waals surface area contributed by atoms with Gasteiger partial charge in [0.1, 0.15) is 17.1 Å². The van der Waals surface area contributed by atoms with E-state index in [-0.39, 0.29) is 35.7 Å². The lowest BCUT2D eigenvalue weighted by Gasteiger charge is -2.61. The maximum Gasteiger partial charge on any atom is 0.268 e. The Morgan fingerprint density at radius 3 is 2.63 bits per heavy atom. The summed E-state index contributed by atoms with van der Waals surface area (Å²) in [6.45, 7) is 9.44. The van der Waals surface area contributed by atoms with Crippen LogP contribution in [0, 0.1) is 58.7 Å². The highest BCUT2D eigenvalue weighted by atomic mass is 32.2. The van der Waals surface area contributed by atoms with Crippen LogP contribution in [0.4, 0.5) is 0 Å². The van der Waals surface area contributed by atoms with Crippen molar-refractivity contribution in [3.8, 4) is 12.3 Å². The summed E-state index contributed by atoms with van der Waals surface area (Å²) in [7, 11) is 0. The van der Waals surface area contributed by atoms with Gasteiger partial charge in [0.15, 0.2) is 0 Å². The number of aliphatic hydroxyl groups excluding tert-OH is 1. The van der Waals surface area contributed by atoms with Crippen LogP contribution in [0.3, 0.4) is 0 Å². The minimum absolute atomic E-state index is 0.0656. The van der Waals surface area contributed by atoms with Gasteiger partial charge in [-0.25, -0.2) is 0 Å². The second-order valence-electron chi connectivity index (χ2n) is 15.3. The summed E-state index contributed by atoms with van der Waals surface area (Å²) < 4.78 is 0. The lowest BCUT2D eigenvalue weighted by Crippen LogP contribution is -2.70. The lowest BCUT2D eigenvalue weighted by atomic mass is 9.44. The minimum atomic E-state index is -0.586. The van der Waals surface area contributed by atoms with Gasteiger partial charge in [-0.05, 0) is 123 Å². The summed E-state index contributed by atoms with van der Waals surface area (Å²) in [5.74, 6) is 6.61. The van der Waals surface area contributed by atoms with E-state index in [2.05, 4.69) is 37.3 Å². The molecule has 8 heteroatoms. The number of aliphatic hydroxyl groups is 1. The summed E-state index contributed by atoms with van der Waals surface area (Å²) in [6.07, 6.45) is 17.4. The molecule has 11 atom stereocenters. The maximum absolute atomic E-state index is 13.1. The number of terminal acetylenes is 1. The average Bonchev–Trinajstić information content (AvgIpc) is 3.35. The van der Waals surface area contributed by atoms with Crippen molar-refractivity contribution in [1.82, 2.24) is 15.5 Å². The van der Waals surface area contributed by atoms with Crippen LogP contribution in [0.25, 0.3) is 0 Å². The third-order valence-corrected chi connectivity index (χ3v) is 14.7. The second-order valence-corrected chi connectivity index (χ2v) is 16.4. The number of nitrogens with zero attached hydrogens (tertiary/aromatic N) is 1. The highest BCUT2D eigenvalue weighted by molar-refractivity contribution is 8.00. The lowest BCUT2D eigenvalue weighted by molar-refractivity contribution is -0.147. The van der Waals surface area contributed by atoms with Crippen LogP contribution >= 0.6 is 11.8 Å². The van der Waals surface area contributed by atoms with Gasteiger partial charge in [-0.2, -0.15) is 0 Å². The van der Waals surface area contributed by atoms with Crippen molar-refractivity contribution in [2.75, 3.05) is 12.3 Å².